The van der Waals surface area contributed by atoms with Gasteiger partial charge >= 0.3 is 0 Å². The molecule has 1 atom stereocenters. The van der Waals surface area contributed by atoms with Crippen molar-refractivity contribution < 1.29 is 14.0 Å². The Morgan fingerprint density at radius 2 is 2.21 bits per heavy atom. The molecule has 0 bridgehead atoms. The van der Waals surface area contributed by atoms with Crippen LogP contribution < -0.4 is 5.32 Å². The van der Waals surface area contributed by atoms with Crippen molar-refractivity contribution in [3.8, 4) is 5.82 Å². The average Bonchev–Trinajstić information content (AvgIpc) is 3.46. The van der Waals surface area contributed by atoms with Crippen molar-refractivity contribution in [1.82, 2.24) is 30.0 Å². The molecule has 0 radical (unpaired) electrons. The van der Waals surface area contributed by atoms with Crippen LogP contribution in [0.2, 0.25) is 0 Å². The van der Waals surface area contributed by atoms with Crippen LogP contribution in [0.5, 0.6) is 0 Å². The van der Waals surface area contributed by atoms with Crippen molar-refractivity contribution >= 4 is 11.8 Å². The van der Waals surface area contributed by atoms with Gasteiger partial charge in [-0.15, -0.1) is 0 Å². The number of pyridine rings is 1. The van der Waals surface area contributed by atoms with Crippen LogP contribution >= 0.6 is 0 Å². The lowest BCUT2D eigenvalue weighted by molar-refractivity contribution is -0.126. The second kappa shape index (κ2) is 8.03. The highest BCUT2D eigenvalue weighted by molar-refractivity contribution is 5.92. The fraction of sp³-hybridized carbons (Fsp3) is 0.316. The van der Waals surface area contributed by atoms with Crippen molar-refractivity contribution in [3.05, 3.63) is 60.7 Å². The summed E-state index contributed by atoms with van der Waals surface area (Å²) >= 11 is 0. The number of nitrogens with one attached hydrogen (secondary N) is 1. The second-order valence-electron chi connectivity index (χ2n) is 6.65. The van der Waals surface area contributed by atoms with E-state index in [1.807, 2.05) is 12.1 Å². The molecule has 1 fully saturated rings. The number of likely N-dealkylation sites (tertiary alicyclic amines) is 1. The van der Waals surface area contributed by atoms with Crippen molar-refractivity contribution in [2.24, 2.45) is 5.92 Å². The maximum Gasteiger partial charge on any atom is 0.289 e. The van der Waals surface area contributed by atoms with E-state index in [2.05, 4.69) is 20.4 Å². The van der Waals surface area contributed by atoms with Crippen LogP contribution in [-0.2, 0) is 11.3 Å². The monoisotopic (exact) mass is 380 g/mol. The fourth-order valence-electron chi connectivity index (χ4n) is 3.25. The number of hydrogen-bond acceptors (Lipinski definition) is 6. The lowest BCUT2D eigenvalue weighted by Gasteiger charge is -2.31. The van der Waals surface area contributed by atoms with Gasteiger partial charge in [0, 0.05) is 25.8 Å². The van der Waals surface area contributed by atoms with Gasteiger partial charge in [-0.2, -0.15) is 5.10 Å². The molecule has 4 heterocycles. The molecule has 9 nitrogen and oxygen atoms in total. The van der Waals surface area contributed by atoms with Gasteiger partial charge in [0.15, 0.2) is 11.6 Å². The zero-order valence-corrected chi connectivity index (χ0v) is 15.2. The molecule has 28 heavy (non-hydrogen) atoms. The van der Waals surface area contributed by atoms with Crippen LogP contribution in [0, 0.1) is 5.92 Å². The Bertz CT molecular complexity index is 921. The van der Waals surface area contributed by atoms with E-state index in [-0.39, 0.29) is 17.7 Å². The largest absolute Gasteiger partial charge is 0.459 e. The van der Waals surface area contributed by atoms with Gasteiger partial charge in [-0.25, -0.2) is 14.6 Å². The van der Waals surface area contributed by atoms with E-state index >= 15 is 0 Å². The number of rotatable bonds is 5. The highest BCUT2D eigenvalue weighted by Crippen LogP contribution is 2.19. The minimum Gasteiger partial charge on any atom is -0.459 e. The number of amides is 2. The molecule has 2 amide bonds. The van der Waals surface area contributed by atoms with Gasteiger partial charge < -0.3 is 14.6 Å². The number of nitrogens with zero attached hydrogens (tertiary/aromatic N) is 5. The van der Waals surface area contributed by atoms with Crippen LogP contribution in [-0.4, -0.2) is 49.6 Å². The Labute approximate surface area is 161 Å². The van der Waals surface area contributed by atoms with Crippen LogP contribution in [0.15, 0.2) is 53.8 Å². The van der Waals surface area contributed by atoms with Crippen molar-refractivity contribution in [1.29, 1.82) is 0 Å². The van der Waals surface area contributed by atoms with Crippen LogP contribution in [0.1, 0.15) is 29.0 Å². The molecule has 1 saturated heterocycles. The van der Waals surface area contributed by atoms with E-state index in [9.17, 15) is 9.59 Å². The molecule has 1 aliphatic rings. The second-order valence-corrected chi connectivity index (χ2v) is 6.65. The molecule has 0 spiro atoms. The molecule has 3 aromatic rings. The lowest BCUT2D eigenvalue weighted by Crippen LogP contribution is -2.45. The molecule has 1 N–H and O–H groups in total. The molecule has 0 aromatic carbocycles. The van der Waals surface area contributed by atoms with E-state index in [4.69, 9.17) is 4.42 Å². The van der Waals surface area contributed by atoms with Crippen LogP contribution in [0.4, 0.5) is 0 Å². The van der Waals surface area contributed by atoms with Gasteiger partial charge in [-0.1, -0.05) is 6.07 Å². The molecular weight excluding hydrogens is 360 g/mol. The fourth-order valence-corrected chi connectivity index (χ4v) is 3.25. The SMILES string of the molecule is O=C(NCc1ccc(-n2cncn2)nc1)C1CCCN(C(=O)c2ccco2)C1. The van der Waals surface area contributed by atoms with E-state index < -0.39 is 0 Å². The van der Waals surface area contributed by atoms with E-state index in [0.29, 0.717) is 31.2 Å². The summed E-state index contributed by atoms with van der Waals surface area (Å²) in [4.78, 5) is 34.9. The minimum absolute atomic E-state index is 0.0581. The zero-order chi connectivity index (χ0) is 19.3. The summed E-state index contributed by atoms with van der Waals surface area (Å²) in [6.45, 7) is 1.41. The Hall–Kier alpha value is -3.49. The Morgan fingerprint density at radius 3 is 2.93 bits per heavy atom. The first-order chi connectivity index (χ1) is 13.7. The lowest BCUT2D eigenvalue weighted by atomic mass is 9.97. The zero-order valence-electron chi connectivity index (χ0n) is 15.2. The molecule has 0 saturated carbocycles. The molecule has 1 unspecified atom stereocenters. The predicted octanol–water partition coefficient (Wildman–Crippen LogP) is 1.42. The maximum atomic E-state index is 12.6. The third kappa shape index (κ3) is 3.93. The summed E-state index contributed by atoms with van der Waals surface area (Å²) in [5.74, 6) is 0.509. The minimum atomic E-state index is -0.227. The summed E-state index contributed by atoms with van der Waals surface area (Å²) in [5.41, 5.74) is 0.886. The summed E-state index contributed by atoms with van der Waals surface area (Å²) in [6.07, 6.45) is 7.74. The quantitative estimate of drug-likeness (QED) is 0.718. The summed E-state index contributed by atoms with van der Waals surface area (Å²) in [6, 6.07) is 7.03. The van der Waals surface area contributed by atoms with Crippen molar-refractivity contribution in [2.75, 3.05) is 13.1 Å². The van der Waals surface area contributed by atoms with Gasteiger partial charge in [0.2, 0.25) is 5.91 Å². The number of carbonyl (C=O) groups excluding carboxylic acids is 2. The summed E-state index contributed by atoms with van der Waals surface area (Å²) in [5, 5.41) is 6.97. The Kier molecular flexibility index (Phi) is 5.14. The van der Waals surface area contributed by atoms with Crippen LogP contribution in [0.3, 0.4) is 0 Å². The maximum absolute atomic E-state index is 12.6. The van der Waals surface area contributed by atoms with Gasteiger partial charge in [0.25, 0.3) is 5.91 Å². The van der Waals surface area contributed by atoms with Crippen molar-refractivity contribution in [2.45, 2.75) is 19.4 Å². The molecule has 3 aromatic heterocycles. The Balaban J connectivity index is 1.31. The first-order valence-corrected chi connectivity index (χ1v) is 9.11. The molecule has 144 valence electrons. The van der Waals surface area contributed by atoms with E-state index in [1.165, 1.54) is 12.6 Å². The Morgan fingerprint density at radius 1 is 1.29 bits per heavy atom. The standard InChI is InChI=1S/C19H20N6O3/c26-18(15-3-1-7-24(11-15)19(27)16-4-2-8-28-16)22-10-14-5-6-17(21-9-14)25-13-20-12-23-25/h2,4-6,8-9,12-13,15H,1,3,7,10-11H2,(H,22,26). The van der Waals surface area contributed by atoms with Crippen LogP contribution in [0.25, 0.3) is 5.82 Å². The first-order valence-electron chi connectivity index (χ1n) is 9.11. The number of aromatic nitrogens is 4. The average molecular weight is 380 g/mol. The third-order valence-electron chi connectivity index (χ3n) is 4.74. The topological polar surface area (TPSA) is 106 Å². The summed E-state index contributed by atoms with van der Waals surface area (Å²) in [7, 11) is 0. The van der Waals surface area contributed by atoms with Gasteiger partial charge in [-0.05, 0) is 36.6 Å². The predicted molar refractivity (Wildman–Crippen MR) is 98.3 cm³/mol. The normalized spacial score (nSPS) is 16.7. The number of hydrogen-bond donors (Lipinski definition) is 1. The number of furan rings is 1. The van der Waals surface area contributed by atoms with Gasteiger partial charge in [0.05, 0.1) is 12.2 Å². The third-order valence-corrected chi connectivity index (χ3v) is 4.74. The molecule has 0 aliphatic carbocycles. The summed E-state index contributed by atoms with van der Waals surface area (Å²) < 4.78 is 6.74. The number of piperidine rings is 1. The van der Waals surface area contributed by atoms with Gasteiger partial charge in [0.1, 0.15) is 12.7 Å². The highest BCUT2D eigenvalue weighted by Gasteiger charge is 2.29. The molecule has 1 aliphatic heterocycles. The van der Waals surface area contributed by atoms with Crippen molar-refractivity contribution in [3.63, 3.8) is 0 Å². The number of carbonyl (C=O) groups is 2. The molecule has 9 heteroatoms. The van der Waals surface area contributed by atoms with Gasteiger partial charge in [-0.3, -0.25) is 9.59 Å². The first kappa shape index (κ1) is 17.9. The van der Waals surface area contributed by atoms with E-state index in [1.54, 1.807) is 34.2 Å². The smallest absolute Gasteiger partial charge is 0.289 e. The van der Waals surface area contributed by atoms with E-state index in [0.717, 1.165) is 18.4 Å². The molecular formula is C19H20N6O3. The highest BCUT2D eigenvalue weighted by atomic mass is 16.3. The molecule has 4 rings (SSSR count).